The SMILES string of the molecule is COC1COc2ccc(N)c(C)c21. The molecular weight excluding hydrogens is 166 g/mol. The second-order valence-electron chi connectivity index (χ2n) is 3.23. The second kappa shape index (κ2) is 2.92. The number of nitrogens with two attached hydrogens (primary N) is 1. The van der Waals surface area contributed by atoms with Crippen molar-refractivity contribution >= 4 is 5.69 Å². The fraction of sp³-hybridized carbons (Fsp3) is 0.400. The molecule has 0 saturated carbocycles. The van der Waals surface area contributed by atoms with Crippen LogP contribution in [0.25, 0.3) is 0 Å². The van der Waals surface area contributed by atoms with Gasteiger partial charge in [0.25, 0.3) is 0 Å². The van der Waals surface area contributed by atoms with Crippen LogP contribution in [0.1, 0.15) is 17.2 Å². The maximum Gasteiger partial charge on any atom is 0.125 e. The predicted octanol–water partition coefficient (Wildman–Crippen LogP) is 1.66. The molecule has 0 aromatic heterocycles. The quantitative estimate of drug-likeness (QED) is 0.667. The summed E-state index contributed by atoms with van der Waals surface area (Å²) in [6, 6.07) is 3.77. The Balaban J connectivity index is 2.54. The first-order valence-corrected chi connectivity index (χ1v) is 4.28. The molecule has 0 bridgehead atoms. The van der Waals surface area contributed by atoms with Gasteiger partial charge in [-0.1, -0.05) is 0 Å². The number of nitrogen functional groups attached to an aromatic ring is 1. The van der Waals surface area contributed by atoms with Gasteiger partial charge in [0.2, 0.25) is 0 Å². The molecule has 0 spiro atoms. The summed E-state index contributed by atoms with van der Waals surface area (Å²) in [6.07, 6.45) is 0.0403. The van der Waals surface area contributed by atoms with E-state index in [2.05, 4.69) is 0 Å². The highest BCUT2D eigenvalue weighted by atomic mass is 16.5. The van der Waals surface area contributed by atoms with Gasteiger partial charge in [-0.25, -0.2) is 0 Å². The highest BCUT2D eigenvalue weighted by Crippen LogP contribution is 2.38. The number of methoxy groups -OCH3 is 1. The average molecular weight is 179 g/mol. The molecule has 1 aliphatic rings. The van der Waals surface area contributed by atoms with E-state index in [1.807, 2.05) is 19.1 Å². The Morgan fingerprint density at radius 2 is 2.31 bits per heavy atom. The van der Waals surface area contributed by atoms with Crippen LogP contribution in [0.2, 0.25) is 0 Å². The Hall–Kier alpha value is -1.22. The first-order valence-electron chi connectivity index (χ1n) is 4.28. The third-order valence-corrected chi connectivity index (χ3v) is 2.51. The monoisotopic (exact) mass is 179 g/mol. The zero-order chi connectivity index (χ0) is 9.42. The van der Waals surface area contributed by atoms with Crippen LogP contribution in [0.15, 0.2) is 12.1 Å². The lowest BCUT2D eigenvalue weighted by Crippen LogP contribution is -2.04. The number of hydrogen-bond donors (Lipinski definition) is 1. The summed E-state index contributed by atoms with van der Waals surface area (Å²) >= 11 is 0. The lowest BCUT2D eigenvalue weighted by molar-refractivity contribution is 0.0814. The predicted molar refractivity (Wildman–Crippen MR) is 50.8 cm³/mol. The Morgan fingerprint density at radius 3 is 3.00 bits per heavy atom. The first-order chi connectivity index (χ1) is 6.24. The molecule has 2 N–H and O–H groups in total. The fourth-order valence-electron chi connectivity index (χ4n) is 1.68. The molecule has 1 aliphatic heterocycles. The van der Waals surface area contributed by atoms with Crippen molar-refractivity contribution < 1.29 is 9.47 Å². The Kier molecular flexibility index (Phi) is 1.88. The topological polar surface area (TPSA) is 44.5 Å². The molecule has 13 heavy (non-hydrogen) atoms. The summed E-state index contributed by atoms with van der Waals surface area (Å²) in [6.45, 7) is 2.59. The van der Waals surface area contributed by atoms with Gasteiger partial charge in [0.05, 0.1) is 0 Å². The van der Waals surface area contributed by atoms with E-state index in [0.29, 0.717) is 6.61 Å². The van der Waals surface area contributed by atoms with Gasteiger partial charge >= 0.3 is 0 Å². The van der Waals surface area contributed by atoms with Crippen molar-refractivity contribution in [3.8, 4) is 5.75 Å². The standard InChI is InChI=1S/C10H13NO2/c1-6-7(11)3-4-8-10(6)9(12-2)5-13-8/h3-4,9H,5,11H2,1-2H3. The molecule has 0 amide bonds. The van der Waals surface area contributed by atoms with Gasteiger partial charge < -0.3 is 15.2 Å². The van der Waals surface area contributed by atoms with E-state index >= 15 is 0 Å². The highest BCUT2D eigenvalue weighted by Gasteiger charge is 2.26. The number of anilines is 1. The van der Waals surface area contributed by atoms with Gasteiger partial charge in [-0.05, 0) is 24.6 Å². The van der Waals surface area contributed by atoms with E-state index < -0.39 is 0 Å². The van der Waals surface area contributed by atoms with E-state index in [1.165, 1.54) is 0 Å². The van der Waals surface area contributed by atoms with Crippen LogP contribution in [0.3, 0.4) is 0 Å². The van der Waals surface area contributed by atoms with Crippen molar-refractivity contribution in [1.29, 1.82) is 0 Å². The Labute approximate surface area is 77.5 Å². The zero-order valence-corrected chi connectivity index (χ0v) is 7.83. The molecule has 0 aliphatic carbocycles. The lowest BCUT2D eigenvalue weighted by Gasteiger charge is -2.10. The van der Waals surface area contributed by atoms with Crippen LogP contribution < -0.4 is 10.5 Å². The fourth-order valence-corrected chi connectivity index (χ4v) is 1.68. The van der Waals surface area contributed by atoms with Crippen LogP contribution in [0.5, 0.6) is 5.75 Å². The van der Waals surface area contributed by atoms with Crippen LogP contribution in [-0.2, 0) is 4.74 Å². The van der Waals surface area contributed by atoms with Gasteiger partial charge in [0.1, 0.15) is 18.5 Å². The highest BCUT2D eigenvalue weighted by molar-refractivity contribution is 5.57. The Morgan fingerprint density at radius 1 is 1.54 bits per heavy atom. The van der Waals surface area contributed by atoms with E-state index in [1.54, 1.807) is 7.11 Å². The summed E-state index contributed by atoms with van der Waals surface area (Å²) in [5, 5.41) is 0. The van der Waals surface area contributed by atoms with Gasteiger partial charge in [0.15, 0.2) is 0 Å². The largest absolute Gasteiger partial charge is 0.490 e. The normalized spacial score (nSPS) is 19.7. The van der Waals surface area contributed by atoms with Crippen LogP contribution in [0.4, 0.5) is 5.69 Å². The van der Waals surface area contributed by atoms with E-state index in [9.17, 15) is 0 Å². The van der Waals surface area contributed by atoms with Crippen molar-refractivity contribution in [2.45, 2.75) is 13.0 Å². The number of ether oxygens (including phenoxy) is 2. The molecule has 1 aromatic rings. The van der Waals surface area contributed by atoms with Crippen molar-refractivity contribution in [3.63, 3.8) is 0 Å². The van der Waals surface area contributed by atoms with Gasteiger partial charge in [-0.2, -0.15) is 0 Å². The zero-order valence-electron chi connectivity index (χ0n) is 7.83. The molecule has 70 valence electrons. The van der Waals surface area contributed by atoms with E-state index in [4.69, 9.17) is 15.2 Å². The summed E-state index contributed by atoms with van der Waals surface area (Å²) < 4.78 is 10.8. The third kappa shape index (κ3) is 1.16. The molecule has 1 heterocycles. The second-order valence-corrected chi connectivity index (χ2v) is 3.23. The summed E-state index contributed by atoms with van der Waals surface area (Å²) in [5.41, 5.74) is 8.77. The molecule has 1 aromatic carbocycles. The molecule has 1 atom stereocenters. The lowest BCUT2D eigenvalue weighted by atomic mass is 10.0. The number of fused-ring (bicyclic) bond motifs is 1. The molecule has 3 nitrogen and oxygen atoms in total. The van der Waals surface area contributed by atoms with E-state index in [-0.39, 0.29) is 6.10 Å². The minimum atomic E-state index is 0.0403. The van der Waals surface area contributed by atoms with Crippen LogP contribution in [-0.4, -0.2) is 13.7 Å². The molecule has 3 heteroatoms. The number of hydrogen-bond acceptors (Lipinski definition) is 3. The minimum Gasteiger partial charge on any atom is -0.490 e. The van der Waals surface area contributed by atoms with Crippen LogP contribution in [0, 0.1) is 6.92 Å². The number of rotatable bonds is 1. The van der Waals surface area contributed by atoms with Crippen molar-refractivity contribution in [2.24, 2.45) is 0 Å². The molecule has 1 unspecified atom stereocenters. The maximum absolute atomic E-state index is 5.80. The van der Waals surface area contributed by atoms with Crippen LogP contribution >= 0.6 is 0 Å². The maximum atomic E-state index is 5.80. The van der Waals surface area contributed by atoms with Gasteiger partial charge in [0, 0.05) is 18.4 Å². The van der Waals surface area contributed by atoms with E-state index in [0.717, 1.165) is 22.6 Å². The molecule has 0 fully saturated rings. The summed E-state index contributed by atoms with van der Waals surface area (Å²) in [5.74, 6) is 0.901. The first kappa shape index (κ1) is 8.38. The minimum absolute atomic E-state index is 0.0403. The van der Waals surface area contributed by atoms with Crippen molar-refractivity contribution in [3.05, 3.63) is 23.3 Å². The number of benzene rings is 1. The molecule has 0 saturated heterocycles. The molecule has 2 rings (SSSR count). The third-order valence-electron chi connectivity index (χ3n) is 2.51. The molecule has 0 radical (unpaired) electrons. The van der Waals surface area contributed by atoms with Crippen molar-refractivity contribution in [1.82, 2.24) is 0 Å². The van der Waals surface area contributed by atoms with Gasteiger partial charge in [-0.15, -0.1) is 0 Å². The average Bonchev–Trinajstić information content (AvgIpc) is 2.55. The molecular formula is C10H13NO2. The smallest absolute Gasteiger partial charge is 0.125 e. The summed E-state index contributed by atoms with van der Waals surface area (Å²) in [4.78, 5) is 0. The van der Waals surface area contributed by atoms with Gasteiger partial charge in [-0.3, -0.25) is 0 Å². The summed E-state index contributed by atoms with van der Waals surface area (Å²) in [7, 11) is 1.69. The Bertz CT molecular complexity index is 336. The van der Waals surface area contributed by atoms with Crippen molar-refractivity contribution in [2.75, 3.05) is 19.5 Å².